The maximum absolute atomic E-state index is 6.29. The van der Waals surface area contributed by atoms with Crippen molar-refractivity contribution in [2.24, 2.45) is 0 Å². The van der Waals surface area contributed by atoms with Crippen LogP contribution in [0.2, 0.25) is 0 Å². The highest BCUT2D eigenvalue weighted by atomic mass is 32.1. The van der Waals surface area contributed by atoms with E-state index in [0.717, 1.165) is 65.6 Å². The minimum Gasteiger partial charge on any atom is -0.497 e. The van der Waals surface area contributed by atoms with Crippen LogP contribution in [0, 0.1) is 0 Å². The van der Waals surface area contributed by atoms with Gasteiger partial charge in [0.15, 0.2) is 0 Å². The Morgan fingerprint density at radius 1 is 1.00 bits per heavy atom. The summed E-state index contributed by atoms with van der Waals surface area (Å²) >= 11 is 1.71. The lowest BCUT2D eigenvalue weighted by Crippen LogP contribution is -2.54. The zero-order chi connectivity index (χ0) is 19.8. The summed E-state index contributed by atoms with van der Waals surface area (Å²) in [6.07, 6.45) is 3.14. The first kappa shape index (κ1) is 18.9. The number of piperidine rings is 1. The molecular formula is C23H27N3O2S. The average molecular weight is 410 g/mol. The molecule has 0 aliphatic carbocycles. The first-order valence-electron chi connectivity index (χ1n) is 10.3. The minimum atomic E-state index is 0.377. The van der Waals surface area contributed by atoms with Crippen LogP contribution >= 0.6 is 11.3 Å². The summed E-state index contributed by atoms with van der Waals surface area (Å²) in [6, 6.07) is 14.8. The summed E-state index contributed by atoms with van der Waals surface area (Å²) in [5, 5.41) is 1.05. The number of nitrogens with zero attached hydrogens (tertiary/aromatic N) is 3. The largest absolute Gasteiger partial charge is 0.497 e. The number of ether oxygens (including phenoxy) is 2. The fourth-order valence-electron chi connectivity index (χ4n) is 4.10. The molecule has 5 nitrogen and oxygen atoms in total. The molecule has 2 saturated heterocycles. The van der Waals surface area contributed by atoms with Crippen LogP contribution in [0.25, 0.3) is 20.8 Å². The zero-order valence-electron chi connectivity index (χ0n) is 17.0. The van der Waals surface area contributed by atoms with E-state index in [4.69, 9.17) is 14.5 Å². The highest BCUT2D eigenvalue weighted by Gasteiger charge is 2.31. The standard InChI is InChI=1S/C23H27N3O2S/c1-25-11-9-18(10-12-25)28-20-14-26(15-20)17-5-3-16(4-6-17)23-24-21-8-7-19(27-2)13-22(21)29-23/h3-8,13,18,20H,9-12,14-15H2,1-2H3. The number of thiazole rings is 1. The van der Waals surface area contributed by atoms with Crippen LogP contribution in [-0.2, 0) is 4.74 Å². The number of hydrogen-bond acceptors (Lipinski definition) is 6. The van der Waals surface area contributed by atoms with E-state index in [0.29, 0.717) is 12.2 Å². The quantitative estimate of drug-likeness (QED) is 0.629. The molecule has 0 radical (unpaired) electrons. The van der Waals surface area contributed by atoms with Gasteiger partial charge in [-0.3, -0.25) is 0 Å². The monoisotopic (exact) mass is 409 g/mol. The van der Waals surface area contributed by atoms with Crippen molar-refractivity contribution in [3.8, 4) is 16.3 Å². The summed E-state index contributed by atoms with van der Waals surface area (Å²) in [5.74, 6) is 0.873. The van der Waals surface area contributed by atoms with Crippen molar-refractivity contribution < 1.29 is 9.47 Å². The highest BCUT2D eigenvalue weighted by Crippen LogP contribution is 2.34. The number of rotatable bonds is 5. The van der Waals surface area contributed by atoms with Gasteiger partial charge in [0.05, 0.1) is 29.5 Å². The number of aromatic nitrogens is 1. The van der Waals surface area contributed by atoms with Crippen molar-refractivity contribution in [1.29, 1.82) is 0 Å². The molecule has 0 saturated carbocycles. The average Bonchev–Trinajstić information content (AvgIpc) is 3.15. The second-order valence-corrected chi connectivity index (χ2v) is 9.10. The highest BCUT2D eigenvalue weighted by molar-refractivity contribution is 7.21. The predicted octanol–water partition coefficient (Wildman–Crippen LogP) is 4.27. The molecule has 29 heavy (non-hydrogen) atoms. The van der Waals surface area contributed by atoms with Crippen LogP contribution < -0.4 is 9.64 Å². The first-order chi connectivity index (χ1) is 14.2. The lowest BCUT2D eigenvalue weighted by atomic mass is 10.1. The lowest BCUT2D eigenvalue weighted by molar-refractivity contribution is -0.0501. The second kappa shape index (κ2) is 7.94. The molecule has 5 rings (SSSR count). The molecule has 152 valence electrons. The second-order valence-electron chi connectivity index (χ2n) is 8.07. The van der Waals surface area contributed by atoms with E-state index in [1.807, 2.05) is 12.1 Å². The molecule has 3 heterocycles. The van der Waals surface area contributed by atoms with Gasteiger partial charge in [-0.05, 0) is 62.4 Å². The fraction of sp³-hybridized carbons (Fsp3) is 0.435. The molecule has 0 spiro atoms. The predicted molar refractivity (Wildman–Crippen MR) is 119 cm³/mol. The summed E-state index contributed by atoms with van der Waals surface area (Å²) < 4.78 is 12.8. The Balaban J connectivity index is 1.20. The molecule has 2 aromatic carbocycles. The number of likely N-dealkylation sites (tertiary alicyclic amines) is 1. The molecule has 2 fully saturated rings. The Bertz CT molecular complexity index is 973. The van der Waals surface area contributed by atoms with Crippen LogP contribution in [0.4, 0.5) is 5.69 Å². The van der Waals surface area contributed by atoms with Crippen LogP contribution in [0.5, 0.6) is 5.75 Å². The molecule has 0 bridgehead atoms. The molecule has 0 unspecified atom stereocenters. The summed E-state index contributed by atoms with van der Waals surface area (Å²) in [6.45, 7) is 4.29. The summed E-state index contributed by atoms with van der Waals surface area (Å²) in [4.78, 5) is 9.56. The Labute approximate surface area is 175 Å². The third-order valence-electron chi connectivity index (χ3n) is 5.97. The summed E-state index contributed by atoms with van der Waals surface area (Å²) in [7, 11) is 3.89. The van der Waals surface area contributed by atoms with Crippen molar-refractivity contribution >= 4 is 27.2 Å². The van der Waals surface area contributed by atoms with Crippen molar-refractivity contribution in [3.63, 3.8) is 0 Å². The van der Waals surface area contributed by atoms with Crippen LogP contribution in [0.3, 0.4) is 0 Å². The molecule has 0 N–H and O–H groups in total. The normalized spacial score (nSPS) is 18.9. The SMILES string of the molecule is COc1ccc2nc(-c3ccc(N4CC(OC5CCN(C)CC5)C4)cc3)sc2c1. The van der Waals surface area contributed by atoms with E-state index in [9.17, 15) is 0 Å². The van der Waals surface area contributed by atoms with Crippen molar-refractivity contribution in [2.45, 2.75) is 25.0 Å². The number of methoxy groups -OCH3 is 1. The van der Waals surface area contributed by atoms with Gasteiger partial charge in [0.1, 0.15) is 10.8 Å². The van der Waals surface area contributed by atoms with E-state index >= 15 is 0 Å². The van der Waals surface area contributed by atoms with Gasteiger partial charge in [0.25, 0.3) is 0 Å². The molecule has 0 atom stereocenters. The number of anilines is 1. The third kappa shape index (κ3) is 3.97. The van der Waals surface area contributed by atoms with Gasteiger partial charge in [-0.25, -0.2) is 4.98 Å². The smallest absolute Gasteiger partial charge is 0.124 e. The molecular weight excluding hydrogens is 382 g/mol. The Kier molecular flexibility index (Phi) is 5.16. The Morgan fingerprint density at radius 2 is 1.76 bits per heavy atom. The maximum atomic E-state index is 6.29. The van der Waals surface area contributed by atoms with Gasteiger partial charge in [0, 0.05) is 37.4 Å². The van der Waals surface area contributed by atoms with Crippen molar-refractivity contribution in [3.05, 3.63) is 42.5 Å². The minimum absolute atomic E-state index is 0.377. The van der Waals surface area contributed by atoms with E-state index in [-0.39, 0.29) is 0 Å². The van der Waals surface area contributed by atoms with Gasteiger partial charge < -0.3 is 19.3 Å². The number of benzene rings is 2. The third-order valence-corrected chi connectivity index (χ3v) is 7.04. The molecule has 6 heteroatoms. The fourth-order valence-corrected chi connectivity index (χ4v) is 5.10. The van der Waals surface area contributed by atoms with Crippen LogP contribution in [-0.4, -0.2) is 62.4 Å². The van der Waals surface area contributed by atoms with Crippen LogP contribution in [0.1, 0.15) is 12.8 Å². The van der Waals surface area contributed by atoms with E-state index in [1.54, 1.807) is 18.4 Å². The van der Waals surface area contributed by atoms with Gasteiger partial charge in [-0.1, -0.05) is 0 Å². The Morgan fingerprint density at radius 3 is 2.48 bits per heavy atom. The molecule has 1 aromatic heterocycles. The number of hydrogen-bond donors (Lipinski definition) is 0. The van der Waals surface area contributed by atoms with Crippen molar-refractivity contribution in [2.75, 3.05) is 45.2 Å². The van der Waals surface area contributed by atoms with E-state index in [2.05, 4.69) is 47.2 Å². The zero-order valence-corrected chi connectivity index (χ0v) is 17.8. The maximum Gasteiger partial charge on any atom is 0.124 e. The van der Waals surface area contributed by atoms with Gasteiger partial charge in [-0.2, -0.15) is 0 Å². The van der Waals surface area contributed by atoms with Gasteiger partial charge in [-0.15, -0.1) is 11.3 Å². The van der Waals surface area contributed by atoms with Crippen LogP contribution in [0.15, 0.2) is 42.5 Å². The van der Waals surface area contributed by atoms with Crippen molar-refractivity contribution in [1.82, 2.24) is 9.88 Å². The van der Waals surface area contributed by atoms with E-state index < -0.39 is 0 Å². The molecule has 3 aromatic rings. The topological polar surface area (TPSA) is 37.8 Å². The molecule has 2 aliphatic rings. The lowest BCUT2D eigenvalue weighted by Gasteiger charge is -2.43. The van der Waals surface area contributed by atoms with E-state index in [1.165, 1.54) is 5.69 Å². The number of fused-ring (bicyclic) bond motifs is 1. The molecule has 0 amide bonds. The van der Waals surface area contributed by atoms with Gasteiger partial charge in [0.2, 0.25) is 0 Å². The molecule has 2 aliphatic heterocycles. The van der Waals surface area contributed by atoms with Gasteiger partial charge >= 0.3 is 0 Å². The Hall–Kier alpha value is -2.15. The summed E-state index contributed by atoms with van der Waals surface area (Å²) in [5.41, 5.74) is 3.44. The first-order valence-corrected chi connectivity index (χ1v) is 11.1.